The van der Waals surface area contributed by atoms with E-state index in [9.17, 15) is 78.6 Å². The first-order chi connectivity index (χ1) is 44.4. The number of nitrogens with two attached hydrogens (primary N) is 2. The number of unbranched alkanes of at least 4 members (excludes halogenated alkanes) is 2. The molecule has 15 N–H and O–H groups in total. The van der Waals surface area contributed by atoms with Crippen LogP contribution in [-0.4, -0.2) is 283 Å². The second-order valence-corrected chi connectivity index (χ2v) is 23.5. The summed E-state index contributed by atoms with van der Waals surface area (Å²) >= 11 is 0. The first-order valence-corrected chi connectivity index (χ1v) is 31.6. The summed E-state index contributed by atoms with van der Waals surface area (Å²) in [4.78, 5) is 140. The number of carboxylic acid groups (broad SMARTS) is 4. The van der Waals surface area contributed by atoms with E-state index in [0.29, 0.717) is 82.7 Å². The van der Waals surface area contributed by atoms with E-state index in [0.717, 1.165) is 5.56 Å². The molecule has 2 aliphatic heterocycles. The number of phenolic OH excluding ortho intramolecular Hbond substituents is 2. The maximum Gasteiger partial charge on any atom is 0.317 e. The van der Waals surface area contributed by atoms with E-state index >= 15 is 0 Å². The molecule has 0 saturated carbocycles. The number of carbonyl (C=O) groups is 10. The van der Waals surface area contributed by atoms with E-state index in [1.54, 1.807) is 42.1 Å². The summed E-state index contributed by atoms with van der Waals surface area (Å²) in [5.41, 5.74) is 13.9. The fourth-order valence-electron chi connectivity index (χ4n) is 10.9. The van der Waals surface area contributed by atoms with Crippen molar-refractivity contribution < 1.29 is 115 Å². The minimum atomic E-state index is -1.48. The van der Waals surface area contributed by atoms with Gasteiger partial charge < -0.3 is 73.6 Å². The second kappa shape index (κ2) is 40.9. The summed E-state index contributed by atoms with van der Waals surface area (Å²) < 4.78 is 1.55. The van der Waals surface area contributed by atoms with Crippen LogP contribution in [0.3, 0.4) is 0 Å². The Hall–Kier alpha value is -7.17. The molecule has 94 heavy (non-hydrogen) atoms. The zero-order valence-corrected chi connectivity index (χ0v) is 55.3. The molecular formula is C61H94LuN16O16. The van der Waals surface area contributed by atoms with E-state index in [-0.39, 0.29) is 175 Å². The number of hydrogen-bond donors (Lipinski definition) is 13. The number of hydrogen-bond acceptors (Lipinski definition) is 21. The molecule has 0 bridgehead atoms. The van der Waals surface area contributed by atoms with Crippen LogP contribution < -0.4 is 38.1 Å². The number of carboxylic acids is 4. The Morgan fingerprint density at radius 3 is 1.49 bits per heavy atom. The molecule has 5 rings (SSSR count). The van der Waals surface area contributed by atoms with Crippen molar-refractivity contribution in [3.8, 4) is 28.6 Å². The average molecular weight is 1480 g/mol. The average Bonchev–Trinajstić information content (AvgIpc) is 1.58. The smallest absolute Gasteiger partial charge is 0.317 e. The van der Waals surface area contributed by atoms with E-state index in [2.05, 4.69) is 41.7 Å². The van der Waals surface area contributed by atoms with Crippen molar-refractivity contribution in [1.29, 1.82) is 0 Å². The molecule has 3 atom stereocenters. The molecule has 0 unspecified atom stereocenters. The Balaban J connectivity index is 0.0000188. The Bertz CT molecular complexity index is 2970. The third kappa shape index (κ3) is 26.6. The number of piperazine rings is 1. The number of nitrogens with one attached hydrogen (secondary N) is 5. The quantitative estimate of drug-likeness (QED) is 0.0296. The third-order valence-corrected chi connectivity index (χ3v) is 16.0. The summed E-state index contributed by atoms with van der Waals surface area (Å²) in [7, 11) is 0. The SMILES string of the molecule is CCNC(=O)c1nnc(-c2cc(C(C)C)c(O)cc2O)n1-c1ccc(CN2CCN(C(=O)CCNC(=O)[C@@H](CCCCN)NC(=O)[C@@H](CCCCN)NC(=O)[C@@H](CCC(=O)O)NC(=O)CN3CCN(CC(=O)O)CCN(CC(=O)O)CCN(CC(=O)O)CC3)CC2)cc1.[Lu]. The predicted octanol–water partition coefficient (Wildman–Crippen LogP) is -1.58. The normalized spacial score (nSPS) is 15.9. The van der Waals surface area contributed by atoms with Gasteiger partial charge in [-0.25, -0.2) is 0 Å². The molecule has 32 nitrogen and oxygen atoms in total. The second-order valence-electron chi connectivity index (χ2n) is 23.5. The van der Waals surface area contributed by atoms with Gasteiger partial charge in [0.2, 0.25) is 35.4 Å². The van der Waals surface area contributed by atoms with Gasteiger partial charge >= 0.3 is 23.9 Å². The summed E-state index contributed by atoms with van der Waals surface area (Å²) in [5, 5.41) is 81.9. The summed E-state index contributed by atoms with van der Waals surface area (Å²) in [5.74, 6) is -8.46. The van der Waals surface area contributed by atoms with Crippen LogP contribution in [0.5, 0.6) is 11.5 Å². The van der Waals surface area contributed by atoms with Gasteiger partial charge in [0.05, 0.1) is 31.7 Å². The third-order valence-electron chi connectivity index (χ3n) is 16.0. The molecule has 529 valence electrons. The van der Waals surface area contributed by atoms with Crippen LogP contribution in [0.25, 0.3) is 17.1 Å². The first kappa shape index (κ1) is 79.3. The summed E-state index contributed by atoms with van der Waals surface area (Å²) in [6, 6.07) is 6.45. The number of amides is 6. The van der Waals surface area contributed by atoms with Gasteiger partial charge in [0.25, 0.3) is 5.91 Å². The summed E-state index contributed by atoms with van der Waals surface area (Å²) in [6.07, 6.45) is 0.952. The molecule has 2 aromatic carbocycles. The molecule has 2 aliphatic rings. The number of carbonyl (C=O) groups excluding carboxylic acids is 6. The minimum Gasteiger partial charge on any atom is -0.508 e. The molecule has 33 heteroatoms. The van der Waals surface area contributed by atoms with Gasteiger partial charge in [-0.15, -0.1) is 10.2 Å². The first-order valence-electron chi connectivity index (χ1n) is 31.6. The number of nitrogens with zero attached hydrogens (tertiary/aromatic N) is 9. The molecule has 1 radical (unpaired) electrons. The maximum absolute atomic E-state index is 14.2. The zero-order valence-electron chi connectivity index (χ0n) is 53.7. The van der Waals surface area contributed by atoms with Crippen LogP contribution in [0.15, 0.2) is 36.4 Å². The number of aromatic nitrogens is 3. The topological polar surface area (TPSA) is 454 Å². The van der Waals surface area contributed by atoms with E-state index in [1.807, 2.05) is 38.1 Å². The van der Waals surface area contributed by atoms with Crippen LogP contribution in [0.2, 0.25) is 0 Å². The number of benzene rings is 2. The van der Waals surface area contributed by atoms with E-state index in [4.69, 9.17) is 11.5 Å². The van der Waals surface area contributed by atoms with E-state index < -0.39 is 97.5 Å². The van der Waals surface area contributed by atoms with Gasteiger partial charge in [-0.05, 0) is 100 Å². The van der Waals surface area contributed by atoms with Crippen molar-refractivity contribution >= 4 is 59.3 Å². The number of phenols is 2. The minimum absolute atomic E-state index is 0. The van der Waals surface area contributed by atoms with Gasteiger partial charge in [0.1, 0.15) is 29.6 Å². The monoisotopic (exact) mass is 1480 g/mol. The fourth-order valence-corrected chi connectivity index (χ4v) is 10.9. The maximum atomic E-state index is 14.2. The van der Waals surface area contributed by atoms with Crippen molar-refractivity contribution in [2.45, 2.75) is 109 Å². The van der Waals surface area contributed by atoms with Crippen LogP contribution in [0.4, 0.5) is 0 Å². The van der Waals surface area contributed by atoms with Gasteiger partial charge in [0, 0.05) is 160 Å². The predicted molar refractivity (Wildman–Crippen MR) is 339 cm³/mol. The van der Waals surface area contributed by atoms with Gasteiger partial charge in [-0.1, -0.05) is 26.0 Å². The zero-order chi connectivity index (χ0) is 68.1. The molecule has 2 saturated heterocycles. The van der Waals surface area contributed by atoms with E-state index in [1.165, 1.54) is 6.07 Å². The van der Waals surface area contributed by atoms with Crippen molar-refractivity contribution in [3.05, 3.63) is 53.3 Å². The largest absolute Gasteiger partial charge is 0.508 e. The Morgan fingerprint density at radius 2 is 1.02 bits per heavy atom. The fraction of sp³-hybridized carbons (Fsp3) is 0.607. The standard InChI is InChI=1S/C61H94N16O16.Lu/c1-4-64-61(93)57-70-69-56(44-33-43(40(2)3)48(78)34-49(44)79)77(57)42-13-11-41(12-14-42)35-71-29-31-76(32-30-71)51(81)17-20-65-58(90)45(9-5-7-18-62)67-59(91)46(10-6-8-19-63)68-60(92)47(15-16-52(82)83)66-50(80)36-72-21-23-73(37-53(84)85)25-27-75(39-55(88)89)28-26-74(24-22-72)38-54(86)87;/h11-14,33-34,40,45-47,78-79H,4-10,15-32,35-39,62-63H2,1-3H3,(H,64,93)(H,65,90)(H,66,80)(H,67,91)(H,68,92)(H,82,83)(H,84,85)(H,86,87)(H,88,89);/t45-,46-,47-;/m1./s1. The van der Waals surface area contributed by atoms with Crippen LogP contribution in [0, 0.1) is 36.9 Å². The van der Waals surface area contributed by atoms with Gasteiger partial charge in [-0.2, -0.15) is 0 Å². The van der Waals surface area contributed by atoms with Crippen molar-refractivity contribution in [2.75, 3.05) is 131 Å². The number of rotatable bonds is 35. The molecule has 3 aromatic rings. The van der Waals surface area contributed by atoms with Gasteiger partial charge in [-0.3, -0.25) is 77.0 Å². The van der Waals surface area contributed by atoms with Crippen molar-refractivity contribution in [2.24, 2.45) is 11.5 Å². The Kier molecular flexibility index (Phi) is 34.5. The molecule has 6 amide bonds. The Labute approximate surface area is 575 Å². The van der Waals surface area contributed by atoms with Crippen LogP contribution >= 0.6 is 0 Å². The van der Waals surface area contributed by atoms with Crippen molar-refractivity contribution in [1.82, 2.24) is 70.7 Å². The Morgan fingerprint density at radius 1 is 0.543 bits per heavy atom. The molecule has 2 fully saturated rings. The summed E-state index contributed by atoms with van der Waals surface area (Å²) in [6.45, 7) is 8.32. The van der Waals surface area contributed by atoms with Crippen molar-refractivity contribution in [3.63, 3.8) is 0 Å². The van der Waals surface area contributed by atoms with Gasteiger partial charge in [0.15, 0.2) is 5.82 Å². The number of aliphatic carboxylic acids is 4. The molecular weight excluding hydrogens is 1390 g/mol. The number of aromatic hydroxyl groups is 2. The molecule has 1 aromatic heterocycles. The molecule has 0 aliphatic carbocycles. The van der Waals surface area contributed by atoms with Crippen LogP contribution in [0.1, 0.15) is 106 Å². The van der Waals surface area contributed by atoms with Crippen LogP contribution in [-0.2, 0) is 49.7 Å². The molecule has 0 spiro atoms. The molecule has 3 heterocycles.